The van der Waals surface area contributed by atoms with Gasteiger partial charge in [0.05, 0.1) is 23.4 Å². The van der Waals surface area contributed by atoms with Gasteiger partial charge in [-0.3, -0.25) is 4.68 Å². The fourth-order valence-electron chi connectivity index (χ4n) is 4.81. The first kappa shape index (κ1) is 19.5. The van der Waals surface area contributed by atoms with Gasteiger partial charge in [-0.15, -0.1) is 0 Å². The third kappa shape index (κ3) is 3.22. The molecule has 5 heterocycles. The van der Waals surface area contributed by atoms with Gasteiger partial charge in [-0.25, -0.2) is 14.8 Å². The molecule has 0 aromatic carbocycles. The maximum absolute atomic E-state index is 12.7. The number of anilines is 1. The van der Waals surface area contributed by atoms with Crippen molar-refractivity contribution in [3.63, 3.8) is 0 Å². The number of nitrogens with zero attached hydrogens (tertiary/aromatic N) is 5. The van der Waals surface area contributed by atoms with Crippen LogP contribution in [-0.4, -0.2) is 50.4 Å². The minimum Gasteiger partial charge on any atom is -0.462 e. The zero-order valence-electron chi connectivity index (χ0n) is 18.1. The number of fused-ring (bicyclic) bond motifs is 2. The fourth-order valence-corrected chi connectivity index (χ4v) is 4.81. The van der Waals surface area contributed by atoms with Crippen molar-refractivity contribution in [2.45, 2.75) is 32.6 Å². The van der Waals surface area contributed by atoms with E-state index in [1.54, 1.807) is 10.9 Å². The van der Waals surface area contributed by atoms with Crippen molar-refractivity contribution in [1.82, 2.24) is 24.7 Å². The van der Waals surface area contributed by atoms with Crippen molar-refractivity contribution >= 4 is 33.7 Å². The number of nitrogens with one attached hydrogen (secondary N) is 1. The zero-order chi connectivity index (χ0) is 21.5. The number of hydrogen-bond donors (Lipinski definition) is 1. The van der Waals surface area contributed by atoms with Crippen LogP contribution in [0.5, 0.6) is 0 Å². The molecule has 31 heavy (non-hydrogen) atoms. The highest BCUT2D eigenvalue weighted by Gasteiger charge is 2.29. The smallest absolute Gasteiger partial charge is 0.341 e. The molecule has 1 aliphatic heterocycles. The molecule has 1 N–H and O–H groups in total. The molecule has 0 bridgehead atoms. The third-order valence-electron chi connectivity index (χ3n) is 6.23. The molecule has 160 valence electrons. The second-order valence-electron chi connectivity index (χ2n) is 8.05. The first-order valence-corrected chi connectivity index (χ1v) is 10.7. The summed E-state index contributed by atoms with van der Waals surface area (Å²) in [5, 5.41) is 6.68. The molecule has 4 aromatic rings. The van der Waals surface area contributed by atoms with Crippen LogP contribution in [0.3, 0.4) is 0 Å². The summed E-state index contributed by atoms with van der Waals surface area (Å²) in [5.74, 6) is 0.118. The maximum atomic E-state index is 12.7. The largest absolute Gasteiger partial charge is 0.462 e. The predicted octanol–water partition coefficient (Wildman–Crippen LogP) is 3.71. The van der Waals surface area contributed by atoms with E-state index in [1.165, 1.54) is 10.9 Å². The highest BCUT2D eigenvalue weighted by molar-refractivity contribution is 6.05. The number of hydrogen-bond acceptors (Lipinski definition) is 6. The van der Waals surface area contributed by atoms with E-state index in [0.717, 1.165) is 54.0 Å². The van der Waals surface area contributed by atoms with Crippen LogP contribution in [0.15, 0.2) is 30.7 Å². The average molecular weight is 419 g/mol. The number of aromatic amines is 1. The number of rotatable bonds is 4. The van der Waals surface area contributed by atoms with Crippen LogP contribution >= 0.6 is 0 Å². The molecule has 0 atom stereocenters. The summed E-state index contributed by atoms with van der Waals surface area (Å²) in [6, 6.07) is 4.12. The van der Waals surface area contributed by atoms with Crippen molar-refractivity contribution in [3.05, 3.63) is 47.5 Å². The van der Waals surface area contributed by atoms with Gasteiger partial charge in [0.1, 0.15) is 11.2 Å². The molecule has 0 spiro atoms. The summed E-state index contributed by atoms with van der Waals surface area (Å²) in [5.41, 5.74) is 5.33. The monoisotopic (exact) mass is 418 g/mol. The molecule has 0 aliphatic carbocycles. The van der Waals surface area contributed by atoms with Crippen LogP contribution in [0.25, 0.3) is 22.1 Å². The van der Waals surface area contributed by atoms with Gasteiger partial charge >= 0.3 is 5.97 Å². The Hall–Kier alpha value is -3.42. The Kier molecular flexibility index (Phi) is 4.84. The highest BCUT2D eigenvalue weighted by Crippen LogP contribution is 2.38. The van der Waals surface area contributed by atoms with E-state index in [1.807, 2.05) is 33.2 Å². The summed E-state index contributed by atoms with van der Waals surface area (Å²) in [4.78, 5) is 27.3. The van der Waals surface area contributed by atoms with E-state index < -0.39 is 0 Å². The molecule has 1 fully saturated rings. The number of ether oxygens (including phenoxy) is 1. The second-order valence-corrected chi connectivity index (χ2v) is 8.05. The van der Waals surface area contributed by atoms with Gasteiger partial charge in [-0.2, -0.15) is 5.10 Å². The predicted molar refractivity (Wildman–Crippen MR) is 119 cm³/mol. The normalized spacial score (nSPS) is 15.1. The highest BCUT2D eigenvalue weighted by atomic mass is 16.5. The molecule has 0 unspecified atom stereocenters. The molecule has 1 aliphatic rings. The Morgan fingerprint density at radius 1 is 1.29 bits per heavy atom. The van der Waals surface area contributed by atoms with E-state index in [9.17, 15) is 4.79 Å². The molecule has 5 rings (SSSR count). The number of pyridine rings is 2. The number of carbonyl (C=O) groups is 1. The minimum atomic E-state index is -0.333. The van der Waals surface area contributed by atoms with Crippen molar-refractivity contribution in [3.8, 4) is 0 Å². The van der Waals surface area contributed by atoms with Crippen molar-refractivity contribution in [1.29, 1.82) is 0 Å². The summed E-state index contributed by atoms with van der Waals surface area (Å²) in [7, 11) is 1.88. The Morgan fingerprint density at radius 2 is 2.10 bits per heavy atom. The minimum absolute atomic E-state index is 0.332. The summed E-state index contributed by atoms with van der Waals surface area (Å²) in [6.45, 7) is 5.81. The van der Waals surface area contributed by atoms with Gasteiger partial charge in [0.25, 0.3) is 0 Å². The van der Waals surface area contributed by atoms with Crippen molar-refractivity contribution in [2.75, 3.05) is 24.6 Å². The SMILES string of the molecule is CCOC(=O)c1cnc2c(c(C)nn2C)c1N1CCC(c2c[nH]c3ncccc23)CC1. The van der Waals surface area contributed by atoms with Crippen LogP contribution in [0.1, 0.15) is 47.3 Å². The molecule has 0 radical (unpaired) electrons. The lowest BCUT2D eigenvalue weighted by molar-refractivity contribution is 0.0526. The van der Waals surface area contributed by atoms with Crippen molar-refractivity contribution < 1.29 is 9.53 Å². The molecule has 0 amide bonds. The van der Waals surface area contributed by atoms with E-state index in [4.69, 9.17) is 4.74 Å². The van der Waals surface area contributed by atoms with Crippen LogP contribution < -0.4 is 4.90 Å². The van der Waals surface area contributed by atoms with E-state index in [0.29, 0.717) is 18.1 Å². The van der Waals surface area contributed by atoms with Crippen LogP contribution in [0.4, 0.5) is 5.69 Å². The average Bonchev–Trinajstić information content (AvgIpc) is 3.34. The van der Waals surface area contributed by atoms with Gasteiger partial charge in [-0.05, 0) is 50.3 Å². The van der Waals surface area contributed by atoms with Crippen molar-refractivity contribution in [2.24, 2.45) is 7.05 Å². The number of piperidine rings is 1. The molecule has 0 saturated carbocycles. The zero-order valence-corrected chi connectivity index (χ0v) is 18.1. The number of aromatic nitrogens is 5. The molecular formula is C23H26N6O2. The van der Waals surface area contributed by atoms with E-state index in [-0.39, 0.29) is 5.97 Å². The van der Waals surface area contributed by atoms with Gasteiger partial charge in [0.2, 0.25) is 0 Å². The van der Waals surface area contributed by atoms with Crippen LogP contribution in [0.2, 0.25) is 0 Å². The Balaban J connectivity index is 1.50. The Labute approximate surface area is 180 Å². The van der Waals surface area contributed by atoms with Gasteiger partial charge in [-0.1, -0.05) is 0 Å². The topological polar surface area (TPSA) is 88.9 Å². The number of H-pyrrole nitrogens is 1. The number of esters is 1. The first-order valence-electron chi connectivity index (χ1n) is 10.7. The Bertz CT molecular complexity index is 1270. The summed E-state index contributed by atoms with van der Waals surface area (Å²) < 4.78 is 7.11. The lowest BCUT2D eigenvalue weighted by Crippen LogP contribution is -2.34. The lowest BCUT2D eigenvalue weighted by atomic mass is 9.89. The van der Waals surface area contributed by atoms with E-state index >= 15 is 0 Å². The first-order chi connectivity index (χ1) is 15.1. The number of carbonyl (C=O) groups excluding carboxylic acids is 1. The van der Waals surface area contributed by atoms with Gasteiger partial charge in [0.15, 0.2) is 5.65 Å². The number of aryl methyl sites for hydroxylation is 2. The second kappa shape index (κ2) is 7.68. The van der Waals surface area contributed by atoms with Crippen LogP contribution in [-0.2, 0) is 11.8 Å². The summed E-state index contributed by atoms with van der Waals surface area (Å²) >= 11 is 0. The fraction of sp³-hybridized carbons (Fsp3) is 0.391. The lowest BCUT2D eigenvalue weighted by Gasteiger charge is -2.34. The molecule has 8 nitrogen and oxygen atoms in total. The summed E-state index contributed by atoms with van der Waals surface area (Å²) in [6.07, 6.45) is 7.53. The van der Waals surface area contributed by atoms with Gasteiger partial charge in [0, 0.05) is 44.1 Å². The third-order valence-corrected chi connectivity index (χ3v) is 6.23. The van der Waals surface area contributed by atoms with E-state index in [2.05, 4.69) is 37.2 Å². The van der Waals surface area contributed by atoms with Gasteiger partial charge < -0.3 is 14.6 Å². The van der Waals surface area contributed by atoms with Crippen LogP contribution in [0, 0.1) is 6.92 Å². The Morgan fingerprint density at radius 3 is 2.87 bits per heavy atom. The molecular weight excluding hydrogens is 392 g/mol. The standard InChI is InChI=1S/C23H26N6O2/c1-4-31-23(30)18-13-26-22-19(14(2)27-28(22)3)20(18)29-10-7-15(8-11-29)17-12-25-21-16(17)6-5-9-24-21/h5-6,9,12-13,15H,4,7-8,10-11H2,1-3H3,(H,24,25). The maximum Gasteiger partial charge on any atom is 0.341 e. The molecule has 4 aromatic heterocycles. The quantitative estimate of drug-likeness (QED) is 0.508. The molecule has 1 saturated heterocycles. The molecule has 8 heteroatoms.